The topological polar surface area (TPSA) is 118 Å². The number of carbonyl (C=O) groups is 2. The van der Waals surface area contributed by atoms with Crippen molar-refractivity contribution in [1.29, 1.82) is 0 Å². The number of anilines is 1. The Hall–Kier alpha value is -4.20. The lowest BCUT2D eigenvalue weighted by atomic mass is 10.1. The molecule has 0 spiro atoms. The summed E-state index contributed by atoms with van der Waals surface area (Å²) in [5.41, 5.74) is 5.26. The molecule has 0 aliphatic rings. The fraction of sp³-hybridized carbons (Fsp3) is 0.227. The molecule has 0 bridgehead atoms. The number of nitrogens with one attached hydrogen (secondary N) is 1. The summed E-state index contributed by atoms with van der Waals surface area (Å²) < 4.78 is 83.1. The Kier molecular flexibility index (Phi) is 7.77. The number of aryl methyl sites for hydroxylation is 1. The van der Waals surface area contributed by atoms with Crippen LogP contribution in [0.3, 0.4) is 0 Å². The van der Waals surface area contributed by atoms with Crippen LogP contribution in [0.5, 0.6) is 17.2 Å². The highest BCUT2D eigenvalue weighted by Crippen LogP contribution is 2.37. The van der Waals surface area contributed by atoms with Crippen LogP contribution in [0.4, 0.5) is 27.6 Å². The number of nitrogens with two attached hydrogens (primary N) is 1. The molecule has 0 saturated carbocycles. The number of hydrogen-bond acceptors (Lipinski definition) is 7. The quantitative estimate of drug-likeness (QED) is 0.269. The van der Waals surface area contributed by atoms with E-state index in [1.807, 2.05) is 0 Å². The van der Waals surface area contributed by atoms with E-state index in [0.717, 1.165) is 7.11 Å². The van der Waals surface area contributed by atoms with Crippen LogP contribution in [0.2, 0.25) is 0 Å². The largest absolute Gasteiger partial charge is 0.493 e. The van der Waals surface area contributed by atoms with Gasteiger partial charge >= 0.3 is 12.1 Å². The average molecular weight is 514 g/mol. The van der Waals surface area contributed by atoms with Crippen LogP contribution in [0.15, 0.2) is 36.5 Å². The zero-order valence-electron chi connectivity index (χ0n) is 18.8. The zero-order valence-corrected chi connectivity index (χ0v) is 18.8. The minimum Gasteiger partial charge on any atom is -0.493 e. The van der Waals surface area contributed by atoms with Gasteiger partial charge in [0.05, 0.1) is 12.8 Å². The Morgan fingerprint density at radius 2 is 1.86 bits per heavy atom. The van der Waals surface area contributed by atoms with Crippen molar-refractivity contribution >= 4 is 17.6 Å². The van der Waals surface area contributed by atoms with Gasteiger partial charge in [0.1, 0.15) is 23.7 Å². The number of amides is 1. The van der Waals surface area contributed by atoms with Crippen LogP contribution in [0.1, 0.15) is 10.4 Å². The average Bonchev–Trinajstić information content (AvgIpc) is 3.24. The summed E-state index contributed by atoms with van der Waals surface area (Å²) in [6.45, 7) is 0.402. The summed E-state index contributed by atoms with van der Waals surface area (Å²) in [6.07, 6.45) is -3.97. The van der Waals surface area contributed by atoms with E-state index in [0.29, 0.717) is 23.1 Å². The fourth-order valence-electron chi connectivity index (χ4n) is 3.12. The number of methoxy groups -OCH3 is 1. The molecule has 1 heterocycles. The van der Waals surface area contributed by atoms with E-state index in [2.05, 4.69) is 19.9 Å². The van der Waals surface area contributed by atoms with E-state index in [-0.39, 0.29) is 18.8 Å². The number of hydrogen-bond donors (Lipinski definition) is 2. The Morgan fingerprint density at radius 3 is 2.44 bits per heavy atom. The van der Waals surface area contributed by atoms with Crippen molar-refractivity contribution in [3.05, 3.63) is 53.7 Å². The Bertz CT molecular complexity index is 1290. The van der Waals surface area contributed by atoms with Crippen molar-refractivity contribution in [1.82, 2.24) is 9.78 Å². The second kappa shape index (κ2) is 10.6. The molecule has 3 rings (SSSR count). The fourth-order valence-corrected chi connectivity index (χ4v) is 3.12. The van der Waals surface area contributed by atoms with Crippen molar-refractivity contribution in [3.63, 3.8) is 0 Å². The minimum absolute atomic E-state index is 0.0553. The molecule has 0 atom stereocenters. The van der Waals surface area contributed by atoms with Gasteiger partial charge in [-0.1, -0.05) is 0 Å². The summed E-state index contributed by atoms with van der Waals surface area (Å²) in [6, 6.07) is 6.35. The number of benzene rings is 2. The zero-order chi connectivity index (χ0) is 26.6. The molecule has 192 valence electrons. The third kappa shape index (κ3) is 5.54. The number of nitrogens with zero attached hydrogens (tertiary/aromatic N) is 2. The molecule has 0 fully saturated rings. The summed E-state index contributed by atoms with van der Waals surface area (Å²) in [5, 5.41) is 6.32. The predicted octanol–water partition coefficient (Wildman–Crippen LogP) is 3.43. The molecule has 2 aromatic carbocycles. The van der Waals surface area contributed by atoms with Crippen LogP contribution in [-0.2, 0) is 11.8 Å². The molecule has 0 aliphatic heterocycles. The maximum atomic E-state index is 15.0. The molecule has 36 heavy (non-hydrogen) atoms. The van der Waals surface area contributed by atoms with Gasteiger partial charge in [-0.05, 0) is 24.3 Å². The number of esters is 1. The molecule has 0 aliphatic carbocycles. The molecule has 0 radical (unpaired) electrons. The van der Waals surface area contributed by atoms with Gasteiger partial charge in [0.25, 0.3) is 5.91 Å². The molecule has 3 aromatic rings. The lowest BCUT2D eigenvalue weighted by Crippen LogP contribution is -2.29. The SMILES string of the molecule is COc1cc(F)c(C(=O)Nc2ccc(OCCN)c(-c3ccnn3C)c2)c(F)c1OC(=O)C(F)(F)F. The van der Waals surface area contributed by atoms with Crippen LogP contribution < -0.4 is 25.3 Å². The van der Waals surface area contributed by atoms with Crippen molar-refractivity contribution in [2.45, 2.75) is 6.18 Å². The highest BCUT2D eigenvalue weighted by molar-refractivity contribution is 6.05. The van der Waals surface area contributed by atoms with E-state index >= 15 is 0 Å². The van der Waals surface area contributed by atoms with Crippen LogP contribution in [-0.4, -0.2) is 48.1 Å². The standard InChI is InChI=1S/C22H19F5N4O5/c1-31-14(5-7-29-31)12-9-11(3-4-15(12)35-8-6-28)30-20(32)17-13(23)10-16(34-2)19(18(17)24)36-21(33)22(25,26)27/h3-5,7,9-10H,6,8,28H2,1-2H3,(H,30,32). The highest BCUT2D eigenvalue weighted by Gasteiger charge is 2.43. The first-order chi connectivity index (χ1) is 17.0. The molecule has 0 unspecified atom stereocenters. The smallest absolute Gasteiger partial charge is 0.491 e. The monoisotopic (exact) mass is 514 g/mol. The maximum Gasteiger partial charge on any atom is 0.491 e. The van der Waals surface area contributed by atoms with Gasteiger partial charge in [0, 0.05) is 37.1 Å². The summed E-state index contributed by atoms with van der Waals surface area (Å²) >= 11 is 0. The van der Waals surface area contributed by atoms with E-state index in [1.165, 1.54) is 29.1 Å². The third-order valence-electron chi connectivity index (χ3n) is 4.72. The van der Waals surface area contributed by atoms with Crippen LogP contribution in [0, 0.1) is 11.6 Å². The van der Waals surface area contributed by atoms with Crippen LogP contribution >= 0.6 is 0 Å². The van der Waals surface area contributed by atoms with E-state index in [1.54, 1.807) is 13.1 Å². The second-order valence-electron chi connectivity index (χ2n) is 7.11. The summed E-state index contributed by atoms with van der Waals surface area (Å²) in [4.78, 5) is 24.0. The number of aromatic nitrogens is 2. The van der Waals surface area contributed by atoms with Crippen LogP contribution in [0.25, 0.3) is 11.3 Å². The first-order valence-electron chi connectivity index (χ1n) is 10.1. The molecule has 0 saturated heterocycles. The molecule has 1 amide bonds. The Morgan fingerprint density at radius 1 is 1.14 bits per heavy atom. The molecule has 9 nitrogen and oxygen atoms in total. The Balaban J connectivity index is 1.99. The van der Waals surface area contributed by atoms with Gasteiger partial charge in [0.15, 0.2) is 11.6 Å². The number of carbonyl (C=O) groups excluding carboxylic acids is 2. The first kappa shape index (κ1) is 26.4. The van der Waals surface area contributed by atoms with Crippen molar-refractivity contribution in [2.24, 2.45) is 12.8 Å². The minimum atomic E-state index is -5.48. The van der Waals surface area contributed by atoms with Gasteiger partial charge < -0.3 is 25.3 Å². The number of rotatable bonds is 8. The lowest BCUT2D eigenvalue weighted by molar-refractivity contribution is -0.190. The molecular weight excluding hydrogens is 495 g/mol. The first-order valence-corrected chi connectivity index (χ1v) is 10.1. The Labute approximate surface area is 200 Å². The van der Waals surface area contributed by atoms with Crippen molar-refractivity contribution < 1.29 is 45.8 Å². The number of halogens is 5. The molecular formula is C22H19F5N4O5. The van der Waals surface area contributed by atoms with Crippen molar-refractivity contribution in [2.75, 3.05) is 25.6 Å². The van der Waals surface area contributed by atoms with E-state index in [9.17, 15) is 31.5 Å². The van der Waals surface area contributed by atoms with E-state index in [4.69, 9.17) is 10.5 Å². The van der Waals surface area contributed by atoms with Gasteiger partial charge in [-0.2, -0.15) is 18.3 Å². The van der Waals surface area contributed by atoms with Gasteiger partial charge in [0.2, 0.25) is 5.75 Å². The highest BCUT2D eigenvalue weighted by atomic mass is 19.4. The normalized spacial score (nSPS) is 11.2. The maximum absolute atomic E-state index is 15.0. The third-order valence-corrected chi connectivity index (χ3v) is 4.72. The summed E-state index contributed by atoms with van der Waals surface area (Å²) in [7, 11) is 2.53. The van der Waals surface area contributed by atoms with Gasteiger partial charge in [-0.3, -0.25) is 9.48 Å². The van der Waals surface area contributed by atoms with E-state index < -0.39 is 46.7 Å². The number of alkyl halides is 3. The number of ether oxygens (including phenoxy) is 3. The molecule has 14 heteroatoms. The predicted molar refractivity (Wildman–Crippen MR) is 116 cm³/mol. The molecule has 3 N–H and O–H groups in total. The lowest BCUT2D eigenvalue weighted by Gasteiger charge is -2.16. The molecule has 1 aromatic heterocycles. The van der Waals surface area contributed by atoms with Gasteiger partial charge in [-0.15, -0.1) is 0 Å². The van der Waals surface area contributed by atoms with Crippen molar-refractivity contribution in [3.8, 4) is 28.5 Å². The van der Waals surface area contributed by atoms with Gasteiger partial charge in [-0.25, -0.2) is 13.6 Å². The second-order valence-corrected chi connectivity index (χ2v) is 7.11. The summed E-state index contributed by atoms with van der Waals surface area (Å²) in [5.74, 6) is -9.37.